The molecule has 4 heterocycles. The number of alkyl halides is 2. The third kappa shape index (κ3) is 9.92. The van der Waals surface area contributed by atoms with Crippen molar-refractivity contribution < 1.29 is 39.2 Å². The van der Waals surface area contributed by atoms with Crippen LogP contribution in [0.4, 0.5) is 8.78 Å². The van der Waals surface area contributed by atoms with Crippen LogP contribution in [-0.2, 0) is 19.1 Å². The van der Waals surface area contributed by atoms with Crippen LogP contribution >= 0.6 is 11.3 Å². The number of carbonyl (C=O) groups is 3. The first-order valence-corrected chi connectivity index (χ1v) is 18.1. The molecule has 0 unspecified atom stereocenters. The van der Waals surface area contributed by atoms with Crippen molar-refractivity contribution >= 4 is 29.1 Å². The molecule has 5 aliphatic rings. The Bertz CT molecular complexity index is 1170. The van der Waals surface area contributed by atoms with Crippen LogP contribution in [0.5, 0.6) is 0 Å². The highest BCUT2D eigenvalue weighted by atomic mass is 32.1. The Morgan fingerprint density at radius 1 is 1.11 bits per heavy atom. The van der Waals surface area contributed by atoms with E-state index in [1.54, 1.807) is 16.6 Å². The average Bonchev–Trinajstić information content (AvgIpc) is 3.61. The summed E-state index contributed by atoms with van der Waals surface area (Å²) in [6.07, 6.45) is 9.12. The Hall–Kier alpha value is -2.22. The van der Waals surface area contributed by atoms with Crippen LogP contribution in [0, 0.1) is 28.6 Å². The van der Waals surface area contributed by atoms with Gasteiger partial charge in [-0.3, -0.25) is 19.4 Å². The molecule has 0 radical (unpaired) electrons. The number of primary amides is 1. The zero-order valence-corrected chi connectivity index (χ0v) is 29.1. The van der Waals surface area contributed by atoms with E-state index in [0.29, 0.717) is 62.3 Å². The lowest BCUT2D eigenvalue weighted by Gasteiger charge is -2.52. The first-order chi connectivity index (χ1) is 22.3. The topological polar surface area (TPSA) is 135 Å². The van der Waals surface area contributed by atoms with E-state index in [9.17, 15) is 23.2 Å². The predicted molar refractivity (Wildman–Crippen MR) is 177 cm³/mol. The summed E-state index contributed by atoms with van der Waals surface area (Å²) < 4.78 is 36.0. The smallest absolute Gasteiger partial charge is 0.265 e. The van der Waals surface area contributed by atoms with E-state index < -0.39 is 23.2 Å². The lowest BCUT2D eigenvalue weighted by Crippen LogP contribution is -2.65. The molecule has 0 bridgehead atoms. The standard InChI is InChI=1S/C18H24N4O3S.C10H18F2O.C6H12O2.H2/c1-17(2,11-3-4-11)16(25)22-8-18(9-22)7-21(6-12(18)14(19)23)15(24)13-5-20-10-26-13;1-2-3-8-13-9-4-6-10(11,12)7-5-9;7-5-6-1-3-8-4-2-6;/h5,10-12H,3-4,6-9H2,1-2H3,(H2,19,23);9H,2-8H2,1H3;6-7H,1-5H2;1H/t12-;;;/m0.../s1. The lowest BCUT2D eigenvalue weighted by molar-refractivity contribution is -0.158. The molecule has 3 aliphatic heterocycles. The summed E-state index contributed by atoms with van der Waals surface area (Å²) >= 11 is 1.29. The third-order valence-corrected chi connectivity index (χ3v) is 11.2. The molecule has 2 aliphatic carbocycles. The Kier molecular flexibility index (Phi) is 13.2. The molecule has 3 N–H and O–H groups in total. The minimum Gasteiger partial charge on any atom is -0.396 e. The van der Waals surface area contributed by atoms with Gasteiger partial charge in [0.1, 0.15) is 4.88 Å². The van der Waals surface area contributed by atoms with E-state index in [0.717, 1.165) is 58.3 Å². The van der Waals surface area contributed by atoms with Crippen molar-refractivity contribution in [3.63, 3.8) is 0 Å². The van der Waals surface area contributed by atoms with Crippen LogP contribution in [0.3, 0.4) is 0 Å². The zero-order chi connectivity index (χ0) is 34.2. The number of aromatic nitrogens is 1. The summed E-state index contributed by atoms with van der Waals surface area (Å²) in [5, 5.41) is 8.64. The number of rotatable bonds is 9. The quantitative estimate of drug-likeness (QED) is 0.349. The number of unbranched alkanes of at least 4 members (excludes halogenated alkanes) is 1. The molecular formula is C34H56F2N4O6S. The molecule has 5 fully saturated rings. The monoisotopic (exact) mass is 686 g/mol. The van der Waals surface area contributed by atoms with Gasteiger partial charge in [-0.1, -0.05) is 27.2 Å². The number of carbonyl (C=O) groups excluding carboxylic acids is 3. The number of ether oxygens (including phenoxy) is 2. The highest BCUT2D eigenvalue weighted by Gasteiger charge is 2.60. The van der Waals surface area contributed by atoms with Gasteiger partial charge in [0, 0.05) is 77.7 Å². The summed E-state index contributed by atoms with van der Waals surface area (Å²) in [6, 6.07) is 0. The molecule has 3 saturated heterocycles. The van der Waals surface area contributed by atoms with Crippen molar-refractivity contribution in [1.29, 1.82) is 0 Å². The largest absolute Gasteiger partial charge is 0.396 e. The van der Waals surface area contributed by atoms with E-state index in [2.05, 4.69) is 11.9 Å². The van der Waals surface area contributed by atoms with Crippen LogP contribution in [-0.4, -0.2) is 102 Å². The van der Waals surface area contributed by atoms with Gasteiger partial charge in [0.25, 0.3) is 5.91 Å². The molecule has 1 aromatic heterocycles. The second-order valence-electron chi connectivity index (χ2n) is 14.5. The van der Waals surface area contributed by atoms with Gasteiger partial charge in [-0.05, 0) is 56.8 Å². The number of likely N-dealkylation sites (tertiary alicyclic amines) is 2. The summed E-state index contributed by atoms with van der Waals surface area (Å²) in [4.78, 5) is 45.6. The van der Waals surface area contributed by atoms with E-state index in [1.165, 1.54) is 11.3 Å². The lowest BCUT2D eigenvalue weighted by atomic mass is 9.70. The maximum atomic E-state index is 12.9. The van der Waals surface area contributed by atoms with E-state index >= 15 is 0 Å². The molecule has 0 aromatic carbocycles. The first kappa shape index (κ1) is 37.6. The average molecular weight is 687 g/mol. The number of halogens is 2. The molecule has 1 spiro atoms. The second-order valence-corrected chi connectivity index (χ2v) is 15.4. The molecule has 13 heteroatoms. The van der Waals surface area contributed by atoms with Gasteiger partial charge < -0.3 is 30.1 Å². The Labute approximate surface area is 283 Å². The van der Waals surface area contributed by atoms with E-state index in [1.807, 2.05) is 18.7 Å². The minimum absolute atomic E-state index is 0. The van der Waals surface area contributed by atoms with Gasteiger partial charge in [0.2, 0.25) is 17.7 Å². The number of aliphatic hydroxyl groups excluding tert-OH is 1. The third-order valence-electron chi connectivity index (χ3n) is 10.5. The fourth-order valence-electron chi connectivity index (χ4n) is 7.06. The van der Waals surface area contributed by atoms with Crippen molar-refractivity contribution in [2.45, 2.75) is 97.0 Å². The predicted octanol–water partition coefficient (Wildman–Crippen LogP) is 5.00. The van der Waals surface area contributed by atoms with Crippen molar-refractivity contribution in [3.05, 3.63) is 16.6 Å². The number of amides is 3. The van der Waals surface area contributed by atoms with Crippen LogP contribution in [0.2, 0.25) is 0 Å². The maximum Gasteiger partial charge on any atom is 0.265 e. The molecule has 10 nitrogen and oxygen atoms in total. The van der Waals surface area contributed by atoms with Gasteiger partial charge >= 0.3 is 0 Å². The number of hydrogen-bond acceptors (Lipinski definition) is 8. The summed E-state index contributed by atoms with van der Waals surface area (Å²) in [6.45, 7) is 10.6. The van der Waals surface area contributed by atoms with Gasteiger partial charge in [-0.15, -0.1) is 11.3 Å². The zero-order valence-electron chi connectivity index (χ0n) is 28.3. The molecular weight excluding hydrogens is 630 g/mol. The first-order valence-electron chi connectivity index (χ1n) is 17.3. The molecule has 6 rings (SSSR count). The molecule has 47 heavy (non-hydrogen) atoms. The maximum absolute atomic E-state index is 12.9. The summed E-state index contributed by atoms with van der Waals surface area (Å²) in [7, 11) is 0. The van der Waals surface area contributed by atoms with Gasteiger partial charge in [0.05, 0.1) is 23.7 Å². The van der Waals surface area contributed by atoms with Crippen molar-refractivity contribution in [3.8, 4) is 0 Å². The fraction of sp³-hybridized carbons (Fsp3) is 0.824. The fourth-order valence-corrected chi connectivity index (χ4v) is 7.65. The Morgan fingerprint density at radius 2 is 1.74 bits per heavy atom. The molecule has 1 aromatic rings. The number of thiazole rings is 1. The van der Waals surface area contributed by atoms with Crippen molar-refractivity contribution in [2.75, 3.05) is 52.6 Å². The van der Waals surface area contributed by atoms with Gasteiger partial charge in [-0.2, -0.15) is 0 Å². The molecule has 1 atom stereocenters. The molecule has 2 saturated carbocycles. The number of nitrogens with zero attached hydrogens (tertiary/aromatic N) is 3. The number of aliphatic hydroxyl groups is 1. The summed E-state index contributed by atoms with van der Waals surface area (Å²) in [5.41, 5.74) is 6.51. The van der Waals surface area contributed by atoms with Crippen LogP contribution in [0.1, 0.15) is 96.1 Å². The number of nitrogens with two attached hydrogens (primary N) is 1. The Morgan fingerprint density at radius 3 is 2.26 bits per heavy atom. The highest BCUT2D eigenvalue weighted by Crippen LogP contribution is 2.50. The highest BCUT2D eigenvalue weighted by molar-refractivity contribution is 7.11. The van der Waals surface area contributed by atoms with E-state index in [-0.39, 0.29) is 37.6 Å². The van der Waals surface area contributed by atoms with E-state index in [4.69, 9.17) is 20.3 Å². The minimum atomic E-state index is -2.43. The normalized spacial score (nSPS) is 24.1. The van der Waals surface area contributed by atoms with Crippen molar-refractivity contribution in [1.82, 2.24) is 14.8 Å². The Balaban J connectivity index is 0.000000236. The number of hydrogen-bond donors (Lipinski definition) is 2. The summed E-state index contributed by atoms with van der Waals surface area (Å²) in [5.74, 6) is -2.20. The van der Waals surface area contributed by atoms with Crippen molar-refractivity contribution in [2.24, 2.45) is 34.3 Å². The second kappa shape index (κ2) is 16.5. The molecule has 3 amide bonds. The van der Waals surface area contributed by atoms with Crippen LogP contribution in [0.25, 0.3) is 0 Å². The molecule has 268 valence electrons. The van der Waals surface area contributed by atoms with Crippen LogP contribution in [0.15, 0.2) is 11.7 Å². The SMILES string of the molecule is CC(C)(C(=O)N1CC2(CN(C(=O)c3cncs3)C[C@H]2C(N)=O)C1)C1CC1.CCCCOC1CCC(F)(F)CC1.OCC1CCOCC1.[HH]. The van der Waals surface area contributed by atoms with Gasteiger partial charge in [0.15, 0.2) is 0 Å². The van der Waals surface area contributed by atoms with Gasteiger partial charge in [-0.25, -0.2) is 8.78 Å². The van der Waals surface area contributed by atoms with Crippen LogP contribution < -0.4 is 5.73 Å².